The SMILES string of the molecule is CS(=O)(=O)NCCC1NC(=O)C(Cc2c[nH]c3ccccc23)NC(=O)C2(CCCC2)NC(=O)C(Cc2c[nH]c3ccccc23)NC(=O)C2CC3CCCCC3N2C(=O)C2CCCN2C1=O. The number of hydrogen-bond donors (Lipinski definition) is 7. The van der Waals surface area contributed by atoms with Crippen molar-refractivity contribution in [3.05, 3.63) is 72.1 Å². The molecule has 17 nitrogen and oxygen atoms in total. The zero-order valence-corrected chi connectivity index (χ0v) is 37.5. The van der Waals surface area contributed by atoms with Crippen LogP contribution in [0, 0.1) is 5.92 Å². The van der Waals surface area contributed by atoms with E-state index in [2.05, 4.69) is 36.0 Å². The van der Waals surface area contributed by atoms with Gasteiger partial charge in [0.1, 0.15) is 35.7 Å². The first-order valence-electron chi connectivity index (χ1n) is 23.2. The number of nitrogens with zero attached hydrogens (tertiary/aromatic N) is 2. The van der Waals surface area contributed by atoms with E-state index in [4.69, 9.17) is 0 Å². The van der Waals surface area contributed by atoms with E-state index in [9.17, 15) is 32.4 Å². The summed E-state index contributed by atoms with van der Waals surface area (Å²) < 4.78 is 26.8. The van der Waals surface area contributed by atoms with Crippen LogP contribution in [0.3, 0.4) is 0 Å². The molecular formula is C47H59N9O8S. The average molecular weight is 910 g/mol. The van der Waals surface area contributed by atoms with Gasteiger partial charge in [-0.3, -0.25) is 28.8 Å². The molecule has 2 aromatic carbocycles. The standard InChI is InChI=1S/C47H59N9O8S/c1-65(63,64)50-21-18-35-44(60)55-22-10-17-39(55)45(61)56-38-16-7-2-11-28(38)25-40(56)43(59)52-37(24-30-27-49-34-15-6-4-13-32(30)34)42(58)54-47(19-8-9-20-47)46(62)53-36(41(57)51-35)23-29-26-48-33-14-5-3-12-31(29)33/h3-6,12-15,26-28,35-40,48-50H,2,7-11,16-25H2,1H3,(H,51,57)(H,52,59)(H,53,62)(H,54,58). The molecule has 65 heavy (non-hydrogen) atoms. The van der Waals surface area contributed by atoms with Crippen molar-refractivity contribution in [2.75, 3.05) is 19.3 Å². The molecule has 7 N–H and O–H groups in total. The number of H-pyrrole nitrogens is 2. The summed E-state index contributed by atoms with van der Waals surface area (Å²) >= 11 is 0. The molecule has 5 heterocycles. The van der Waals surface area contributed by atoms with Crippen molar-refractivity contribution in [3.8, 4) is 0 Å². The van der Waals surface area contributed by atoms with E-state index in [0.717, 1.165) is 58.5 Å². The second-order valence-electron chi connectivity index (χ2n) is 18.8. The number of aromatic nitrogens is 2. The highest BCUT2D eigenvalue weighted by molar-refractivity contribution is 7.88. The third kappa shape index (κ3) is 9.11. The van der Waals surface area contributed by atoms with E-state index in [0.29, 0.717) is 38.5 Å². The number of para-hydroxylation sites is 2. The third-order valence-corrected chi connectivity index (χ3v) is 15.3. The largest absolute Gasteiger partial charge is 0.361 e. The van der Waals surface area contributed by atoms with Gasteiger partial charge in [-0.25, -0.2) is 13.1 Å². The molecule has 7 atom stereocenters. The fraction of sp³-hybridized carbons (Fsp3) is 0.532. The van der Waals surface area contributed by atoms with Crippen molar-refractivity contribution in [2.24, 2.45) is 5.92 Å². The molecule has 3 aliphatic heterocycles. The topological polar surface area (TPSA) is 235 Å². The van der Waals surface area contributed by atoms with Gasteiger partial charge in [0.25, 0.3) is 0 Å². The van der Waals surface area contributed by atoms with Crippen molar-refractivity contribution in [3.63, 3.8) is 0 Å². The number of benzene rings is 2. The minimum absolute atomic E-state index is 0.0110. The summed E-state index contributed by atoms with van der Waals surface area (Å²) in [6.07, 6.45) is 11.0. The number of carbonyl (C=O) groups excluding carboxylic acids is 6. The zero-order valence-electron chi connectivity index (χ0n) is 36.7. The number of hydrogen-bond acceptors (Lipinski definition) is 8. The van der Waals surface area contributed by atoms with Crippen LogP contribution >= 0.6 is 0 Å². The van der Waals surface area contributed by atoms with Gasteiger partial charge in [0, 0.05) is 66.2 Å². The molecule has 18 heteroatoms. The van der Waals surface area contributed by atoms with E-state index in [1.165, 1.54) is 4.90 Å². The molecule has 346 valence electrons. The number of amides is 6. The molecule has 1 spiro atoms. The first-order chi connectivity index (χ1) is 31.3. The second kappa shape index (κ2) is 18.3. The summed E-state index contributed by atoms with van der Waals surface area (Å²) in [5, 5.41) is 13.7. The zero-order chi connectivity index (χ0) is 45.5. The summed E-state index contributed by atoms with van der Waals surface area (Å²) in [6.45, 7) is 0.0270. The van der Waals surface area contributed by atoms with Gasteiger partial charge in [-0.15, -0.1) is 0 Å². The van der Waals surface area contributed by atoms with E-state index < -0.39 is 75.3 Å². The molecule has 2 aromatic heterocycles. The molecule has 0 radical (unpaired) electrons. The quantitative estimate of drug-likeness (QED) is 0.138. The fourth-order valence-electron chi connectivity index (χ4n) is 11.3. The van der Waals surface area contributed by atoms with Crippen molar-refractivity contribution < 1.29 is 37.2 Å². The number of aromatic amines is 2. The lowest BCUT2D eigenvalue weighted by atomic mass is 9.84. The molecule has 9 rings (SSSR count). The fourth-order valence-corrected chi connectivity index (χ4v) is 11.8. The normalized spacial score (nSPS) is 28.0. The average Bonchev–Trinajstić information content (AvgIpc) is 4.15. The lowest BCUT2D eigenvalue weighted by Crippen LogP contribution is -2.65. The summed E-state index contributed by atoms with van der Waals surface area (Å²) in [7, 11) is -3.67. The molecule has 7 unspecified atom stereocenters. The van der Waals surface area contributed by atoms with Crippen LogP contribution in [0.1, 0.15) is 88.2 Å². The second-order valence-corrected chi connectivity index (χ2v) is 20.6. The van der Waals surface area contributed by atoms with Crippen molar-refractivity contribution in [2.45, 2.75) is 132 Å². The highest BCUT2D eigenvalue weighted by Crippen LogP contribution is 2.41. The van der Waals surface area contributed by atoms with Gasteiger partial charge in [-0.2, -0.15) is 0 Å². The van der Waals surface area contributed by atoms with E-state index in [1.54, 1.807) is 11.1 Å². The third-order valence-electron chi connectivity index (χ3n) is 14.6. The van der Waals surface area contributed by atoms with E-state index in [1.807, 2.05) is 54.7 Å². The van der Waals surface area contributed by atoms with Gasteiger partial charge in [-0.1, -0.05) is 62.1 Å². The van der Waals surface area contributed by atoms with Crippen LogP contribution in [0.4, 0.5) is 0 Å². The molecule has 4 aromatic rings. The molecule has 3 saturated heterocycles. The van der Waals surface area contributed by atoms with E-state index in [-0.39, 0.29) is 63.1 Å². The lowest BCUT2D eigenvalue weighted by Gasteiger charge is -2.38. The molecule has 5 aliphatic rings. The Hall–Kier alpha value is -5.75. The predicted octanol–water partition coefficient (Wildman–Crippen LogP) is 2.42. The summed E-state index contributed by atoms with van der Waals surface area (Å²) in [4.78, 5) is 99.0. The Morgan fingerprint density at radius 3 is 1.95 bits per heavy atom. The Labute approximate surface area is 378 Å². The van der Waals surface area contributed by atoms with Crippen LogP contribution < -0.4 is 26.0 Å². The maximum absolute atomic E-state index is 15.1. The van der Waals surface area contributed by atoms with Gasteiger partial charge in [0.2, 0.25) is 45.5 Å². The number of nitrogens with one attached hydrogen (secondary N) is 7. The molecular weight excluding hydrogens is 851 g/mol. The monoisotopic (exact) mass is 909 g/mol. The van der Waals surface area contributed by atoms with Gasteiger partial charge in [0.15, 0.2) is 0 Å². The Bertz CT molecular complexity index is 2600. The minimum Gasteiger partial charge on any atom is -0.361 e. The molecule has 5 fully saturated rings. The smallest absolute Gasteiger partial charge is 0.246 e. The van der Waals surface area contributed by atoms with Crippen LogP contribution in [0.5, 0.6) is 0 Å². The summed E-state index contributed by atoms with van der Waals surface area (Å²) in [5.41, 5.74) is 1.76. The van der Waals surface area contributed by atoms with E-state index >= 15 is 4.79 Å². The Kier molecular flexibility index (Phi) is 12.5. The minimum atomic E-state index is -3.67. The van der Waals surface area contributed by atoms with Crippen molar-refractivity contribution >= 4 is 67.3 Å². The van der Waals surface area contributed by atoms with Crippen molar-refractivity contribution in [1.29, 1.82) is 0 Å². The highest BCUT2D eigenvalue weighted by Gasteiger charge is 2.52. The van der Waals surface area contributed by atoms with Crippen LogP contribution in [-0.4, -0.2) is 125 Å². The van der Waals surface area contributed by atoms with Gasteiger partial charge < -0.3 is 41.0 Å². The van der Waals surface area contributed by atoms with Gasteiger partial charge >= 0.3 is 0 Å². The van der Waals surface area contributed by atoms with Crippen LogP contribution in [0.2, 0.25) is 0 Å². The highest BCUT2D eigenvalue weighted by atomic mass is 32.2. The predicted molar refractivity (Wildman–Crippen MR) is 242 cm³/mol. The Morgan fingerprint density at radius 2 is 1.29 bits per heavy atom. The first-order valence-corrected chi connectivity index (χ1v) is 25.1. The van der Waals surface area contributed by atoms with Crippen LogP contribution in [-0.2, 0) is 51.6 Å². The maximum atomic E-state index is 15.1. The Morgan fingerprint density at radius 1 is 0.677 bits per heavy atom. The number of carbonyl (C=O) groups is 6. The van der Waals surface area contributed by atoms with Gasteiger partial charge in [0.05, 0.1) is 6.26 Å². The van der Waals surface area contributed by atoms with Crippen LogP contribution in [0.25, 0.3) is 21.8 Å². The van der Waals surface area contributed by atoms with Crippen LogP contribution in [0.15, 0.2) is 60.9 Å². The first kappa shape index (κ1) is 44.5. The molecule has 0 bridgehead atoms. The van der Waals surface area contributed by atoms with Crippen molar-refractivity contribution in [1.82, 2.24) is 45.8 Å². The number of sulfonamides is 1. The maximum Gasteiger partial charge on any atom is 0.246 e. The Balaban J connectivity index is 1.12. The molecule has 2 aliphatic carbocycles. The summed E-state index contributed by atoms with van der Waals surface area (Å²) in [5.74, 6) is -3.13. The molecule has 6 amide bonds. The van der Waals surface area contributed by atoms with Gasteiger partial charge in [-0.05, 0) is 80.5 Å². The molecule has 2 saturated carbocycles. The number of fused-ring (bicyclic) bond motifs is 6. The lowest BCUT2D eigenvalue weighted by molar-refractivity contribution is -0.150. The number of rotatable bonds is 8. The summed E-state index contributed by atoms with van der Waals surface area (Å²) in [6, 6.07) is 9.47.